The molecule has 0 amide bonds. The van der Waals surface area contributed by atoms with Crippen molar-refractivity contribution in [1.82, 2.24) is 0 Å². The molecule has 5 rings (SSSR count). The van der Waals surface area contributed by atoms with Crippen LogP contribution in [0.1, 0.15) is 0 Å². The van der Waals surface area contributed by atoms with Crippen LogP contribution < -0.4 is 18.9 Å². The highest BCUT2D eigenvalue weighted by atomic mass is 16.7. The minimum Gasteiger partial charge on any atom is -0.449 e. The Hall–Kier alpha value is -5.52. The lowest BCUT2D eigenvalue weighted by Crippen LogP contribution is -2.09. The van der Waals surface area contributed by atoms with E-state index in [0.29, 0.717) is 32.3 Å². The van der Waals surface area contributed by atoms with Crippen LogP contribution in [-0.4, -0.2) is 45.0 Å². The highest BCUT2D eigenvalue weighted by Gasteiger charge is 2.25. The van der Waals surface area contributed by atoms with Gasteiger partial charge in [0, 0.05) is 33.0 Å². The van der Waals surface area contributed by atoms with Crippen molar-refractivity contribution in [3.05, 3.63) is 48.5 Å². The molecule has 0 bridgehead atoms. The molecule has 0 aliphatic heterocycles. The highest BCUT2D eigenvalue weighted by Crippen LogP contribution is 2.50. The summed E-state index contributed by atoms with van der Waals surface area (Å²) in [5.41, 5.74) is 0. The minimum absolute atomic E-state index is 0.165. The number of rotatable bonds is 4. The minimum atomic E-state index is -1.71. The molecule has 4 N–H and O–H groups in total. The van der Waals surface area contributed by atoms with Gasteiger partial charge in [0.15, 0.2) is 11.5 Å². The van der Waals surface area contributed by atoms with E-state index in [-0.39, 0.29) is 28.0 Å². The molecule has 36 heavy (non-hydrogen) atoms. The number of carbonyl (C=O) groups is 4. The molecule has 0 aliphatic rings. The first-order valence-electron chi connectivity index (χ1n) is 9.99. The van der Waals surface area contributed by atoms with Gasteiger partial charge in [0.1, 0.15) is 11.5 Å². The smallest absolute Gasteiger partial charge is 0.449 e. The van der Waals surface area contributed by atoms with E-state index >= 15 is 0 Å². The Kier molecular flexibility index (Phi) is 4.99. The second-order valence-electron chi connectivity index (χ2n) is 7.43. The molecular weight excluding hydrogens is 480 g/mol. The van der Waals surface area contributed by atoms with E-state index in [1.165, 1.54) is 18.2 Å². The number of fused-ring (bicyclic) bond motifs is 2. The molecule has 0 saturated carbocycles. The Morgan fingerprint density at radius 1 is 0.472 bits per heavy atom. The summed E-state index contributed by atoms with van der Waals surface area (Å²) < 4.78 is 19.6. The molecule has 0 heterocycles. The molecule has 5 aromatic carbocycles. The number of carboxylic acid groups (broad SMARTS) is 4. The average molecular weight is 492 g/mol. The van der Waals surface area contributed by atoms with E-state index in [0.717, 1.165) is 6.07 Å². The summed E-state index contributed by atoms with van der Waals surface area (Å²) in [6.07, 6.45) is -6.73. The lowest BCUT2D eigenvalue weighted by atomic mass is 9.88. The van der Waals surface area contributed by atoms with Gasteiger partial charge in [-0.25, -0.2) is 19.2 Å². The van der Waals surface area contributed by atoms with Crippen molar-refractivity contribution in [3.63, 3.8) is 0 Å². The van der Waals surface area contributed by atoms with Crippen molar-refractivity contribution in [3.8, 4) is 23.0 Å². The van der Waals surface area contributed by atoms with Gasteiger partial charge in [-0.2, -0.15) is 0 Å². The lowest BCUT2D eigenvalue weighted by Gasteiger charge is -2.19. The molecule has 0 radical (unpaired) electrons. The third-order valence-electron chi connectivity index (χ3n) is 5.51. The zero-order valence-corrected chi connectivity index (χ0v) is 17.7. The van der Waals surface area contributed by atoms with Gasteiger partial charge in [-0.1, -0.05) is 36.4 Å². The van der Waals surface area contributed by atoms with Gasteiger partial charge in [0.05, 0.1) is 0 Å². The van der Waals surface area contributed by atoms with Gasteiger partial charge < -0.3 is 39.4 Å². The van der Waals surface area contributed by atoms with E-state index in [1.54, 1.807) is 24.3 Å². The summed E-state index contributed by atoms with van der Waals surface area (Å²) in [5, 5.41) is 39.7. The highest BCUT2D eigenvalue weighted by molar-refractivity contribution is 6.35. The fraction of sp³-hybridized carbons (Fsp3) is 0. The summed E-state index contributed by atoms with van der Waals surface area (Å²) in [4.78, 5) is 45.5. The van der Waals surface area contributed by atoms with Gasteiger partial charge in [-0.15, -0.1) is 0 Å². The van der Waals surface area contributed by atoms with Crippen LogP contribution in [0.25, 0.3) is 43.1 Å². The van der Waals surface area contributed by atoms with Crippen molar-refractivity contribution in [1.29, 1.82) is 0 Å². The van der Waals surface area contributed by atoms with Crippen LogP contribution in [0.4, 0.5) is 19.2 Å². The molecule has 0 fully saturated rings. The predicted octanol–water partition coefficient (Wildman–Crippen LogP) is 5.96. The van der Waals surface area contributed by atoms with E-state index in [4.69, 9.17) is 18.9 Å². The zero-order chi connectivity index (χ0) is 25.7. The number of hydrogen-bond acceptors (Lipinski definition) is 8. The van der Waals surface area contributed by atoms with Crippen LogP contribution in [0.15, 0.2) is 48.5 Å². The Bertz CT molecular complexity index is 1750. The Balaban J connectivity index is 2.05. The van der Waals surface area contributed by atoms with Gasteiger partial charge in [0.2, 0.25) is 0 Å². The molecule has 5 aromatic rings. The quantitative estimate of drug-likeness (QED) is 0.0998. The predicted molar refractivity (Wildman–Crippen MR) is 122 cm³/mol. The Morgan fingerprint density at radius 3 is 1.64 bits per heavy atom. The third-order valence-corrected chi connectivity index (χ3v) is 5.51. The maximum atomic E-state index is 11.5. The van der Waals surface area contributed by atoms with Gasteiger partial charge in [-0.3, -0.25) is 0 Å². The maximum absolute atomic E-state index is 11.5. The molecule has 12 nitrogen and oxygen atoms in total. The molecule has 12 heteroatoms. The van der Waals surface area contributed by atoms with Crippen LogP contribution in [0.5, 0.6) is 23.0 Å². The van der Waals surface area contributed by atoms with Gasteiger partial charge in [-0.05, 0) is 22.2 Å². The van der Waals surface area contributed by atoms with Gasteiger partial charge >= 0.3 is 24.6 Å². The molecular formula is C24H12O12. The first kappa shape index (κ1) is 22.3. The SMILES string of the molecule is O=C(O)Oc1cc2c3cccc4c(OC(=O)O)cc(OC(=O)O)c(c5cccc(c1OC(=O)O)c25)c43. The van der Waals surface area contributed by atoms with E-state index < -0.39 is 30.4 Å². The molecule has 0 saturated heterocycles. The molecule has 0 aliphatic carbocycles. The first-order chi connectivity index (χ1) is 17.2. The van der Waals surface area contributed by atoms with Crippen LogP contribution in [0.3, 0.4) is 0 Å². The Labute approximate surface area is 198 Å². The molecule has 0 spiro atoms. The van der Waals surface area contributed by atoms with Crippen molar-refractivity contribution < 1.29 is 58.6 Å². The van der Waals surface area contributed by atoms with Crippen molar-refractivity contribution in [2.45, 2.75) is 0 Å². The van der Waals surface area contributed by atoms with Crippen LogP contribution >= 0.6 is 0 Å². The summed E-state index contributed by atoms with van der Waals surface area (Å²) in [5.74, 6) is -1.20. The Morgan fingerprint density at radius 2 is 1.00 bits per heavy atom. The van der Waals surface area contributed by atoms with Crippen molar-refractivity contribution in [2.24, 2.45) is 0 Å². The fourth-order valence-corrected chi connectivity index (χ4v) is 4.48. The summed E-state index contributed by atoms with van der Waals surface area (Å²) in [7, 11) is 0. The van der Waals surface area contributed by atoms with Crippen molar-refractivity contribution >= 4 is 67.7 Å². The van der Waals surface area contributed by atoms with E-state index in [2.05, 4.69) is 0 Å². The lowest BCUT2D eigenvalue weighted by molar-refractivity contribution is 0.133. The zero-order valence-electron chi connectivity index (χ0n) is 17.7. The fourth-order valence-electron chi connectivity index (χ4n) is 4.48. The van der Waals surface area contributed by atoms with Crippen molar-refractivity contribution in [2.75, 3.05) is 0 Å². The number of hydrogen-bond donors (Lipinski definition) is 4. The second-order valence-corrected chi connectivity index (χ2v) is 7.43. The topological polar surface area (TPSA) is 186 Å². The van der Waals surface area contributed by atoms with Crippen LogP contribution in [0.2, 0.25) is 0 Å². The van der Waals surface area contributed by atoms with E-state index in [1.807, 2.05) is 0 Å². The largest absolute Gasteiger partial charge is 0.511 e. The summed E-state index contributed by atoms with van der Waals surface area (Å²) in [6.45, 7) is 0. The normalized spacial score (nSPS) is 11.1. The average Bonchev–Trinajstić information content (AvgIpc) is 2.78. The van der Waals surface area contributed by atoms with Crippen LogP contribution in [0, 0.1) is 0 Å². The molecule has 0 aromatic heterocycles. The molecule has 0 atom stereocenters. The summed E-state index contributed by atoms with van der Waals surface area (Å²) >= 11 is 0. The third kappa shape index (κ3) is 3.49. The second kappa shape index (κ2) is 8.06. The summed E-state index contributed by atoms with van der Waals surface area (Å²) in [6, 6.07) is 11.8. The number of ether oxygens (including phenoxy) is 4. The van der Waals surface area contributed by atoms with Crippen LogP contribution in [-0.2, 0) is 0 Å². The first-order valence-corrected chi connectivity index (χ1v) is 9.99. The monoisotopic (exact) mass is 492 g/mol. The standard InChI is InChI=1S/C24H12O12/c25-21(26)33-14-8-15(34-22(27)28)19-11-5-2-6-12-17(11)13(9-3-1-4-10(14)18(9)19)7-16(35-23(29)30)20(12)36-24(31)32/h1-8H,(H,25,26)(H,27,28)(H,29,30)(H,31,32). The number of benzene rings is 5. The van der Waals surface area contributed by atoms with E-state index in [9.17, 15) is 39.6 Å². The maximum Gasteiger partial charge on any atom is 0.511 e. The molecule has 180 valence electrons. The van der Waals surface area contributed by atoms with Gasteiger partial charge in [0.25, 0.3) is 0 Å². The molecule has 0 unspecified atom stereocenters.